The number of carbonyl (C=O) groups is 3. The van der Waals surface area contributed by atoms with Gasteiger partial charge in [-0.05, 0) is 12.1 Å². The number of imide groups is 1. The van der Waals surface area contributed by atoms with E-state index < -0.39 is 17.8 Å². The van der Waals surface area contributed by atoms with Gasteiger partial charge in [0.25, 0.3) is 11.8 Å². The van der Waals surface area contributed by atoms with Crippen LogP contribution >= 0.6 is 12.4 Å². The van der Waals surface area contributed by atoms with E-state index in [4.69, 9.17) is 9.47 Å². The highest BCUT2D eigenvalue weighted by Crippen LogP contribution is 2.38. The van der Waals surface area contributed by atoms with Crippen LogP contribution < -0.4 is 14.4 Å². The molecule has 2 aromatic rings. The molecule has 1 N–H and O–H groups in total. The summed E-state index contributed by atoms with van der Waals surface area (Å²) in [4.78, 5) is 37.6. The first-order valence-electron chi connectivity index (χ1n) is 6.96. The van der Waals surface area contributed by atoms with E-state index in [-0.39, 0.29) is 46.3 Å². The molecule has 0 unspecified atom stereocenters. The van der Waals surface area contributed by atoms with Gasteiger partial charge in [0.05, 0.1) is 36.6 Å². The van der Waals surface area contributed by atoms with Crippen LogP contribution in [0.15, 0.2) is 36.4 Å². The number of anilines is 1. The summed E-state index contributed by atoms with van der Waals surface area (Å²) in [5, 5.41) is 9.45. The minimum Gasteiger partial charge on any atom is -0.493 e. The number of fused-ring (bicyclic) bond motifs is 1. The van der Waals surface area contributed by atoms with E-state index in [1.165, 1.54) is 38.5 Å². The van der Waals surface area contributed by atoms with Gasteiger partial charge in [0, 0.05) is 12.1 Å². The zero-order valence-corrected chi connectivity index (χ0v) is 14.1. The molecule has 1 aliphatic rings. The summed E-state index contributed by atoms with van der Waals surface area (Å²) in [5.41, 5.74) is 0.163. The Morgan fingerprint density at radius 2 is 1.44 bits per heavy atom. The number of hydrogen-bond acceptors (Lipinski definition) is 5. The SMILES string of the molecule is COc1cc(C(=O)O)c(N2C(=O)c3ccccc3C2=O)cc1OC.Cl. The fourth-order valence-electron chi connectivity index (χ4n) is 2.63. The highest BCUT2D eigenvalue weighted by Gasteiger charge is 2.38. The Balaban J connectivity index is 0.00000225. The molecule has 0 saturated carbocycles. The van der Waals surface area contributed by atoms with E-state index in [0.717, 1.165) is 4.90 Å². The predicted octanol–water partition coefficient (Wildman–Crippen LogP) is 2.62. The van der Waals surface area contributed by atoms with Crippen molar-refractivity contribution in [3.8, 4) is 11.5 Å². The lowest BCUT2D eigenvalue weighted by Crippen LogP contribution is -2.31. The standard InChI is InChI=1S/C17H13NO6.ClH/c1-23-13-7-11(17(21)22)12(8-14(13)24-2)18-15(19)9-5-3-4-6-10(9)16(18)20;/h3-8H,1-2H3,(H,21,22);1H. The van der Waals surface area contributed by atoms with E-state index in [1.807, 2.05) is 0 Å². The number of nitrogens with zero attached hydrogens (tertiary/aromatic N) is 1. The number of halogens is 1. The first-order chi connectivity index (χ1) is 11.5. The Bertz CT molecular complexity index is 844. The topological polar surface area (TPSA) is 93.1 Å². The maximum Gasteiger partial charge on any atom is 0.337 e. The van der Waals surface area contributed by atoms with Crippen molar-refractivity contribution in [2.24, 2.45) is 0 Å². The van der Waals surface area contributed by atoms with Crippen molar-refractivity contribution in [2.45, 2.75) is 0 Å². The molecule has 3 rings (SSSR count). The number of aromatic carboxylic acids is 1. The fraction of sp³-hybridized carbons (Fsp3) is 0.118. The highest BCUT2D eigenvalue weighted by molar-refractivity contribution is 6.35. The van der Waals surface area contributed by atoms with Gasteiger partial charge in [-0.3, -0.25) is 9.59 Å². The van der Waals surface area contributed by atoms with Crippen LogP contribution in [0.1, 0.15) is 31.1 Å². The van der Waals surface area contributed by atoms with Gasteiger partial charge >= 0.3 is 5.97 Å². The summed E-state index contributed by atoms with van der Waals surface area (Å²) in [6, 6.07) is 8.86. The van der Waals surface area contributed by atoms with Crippen LogP contribution in [0.2, 0.25) is 0 Å². The summed E-state index contributed by atoms with van der Waals surface area (Å²) in [5.74, 6) is -2.04. The Morgan fingerprint density at radius 1 is 0.960 bits per heavy atom. The molecule has 2 aromatic carbocycles. The van der Waals surface area contributed by atoms with Gasteiger partial charge in [0.1, 0.15) is 0 Å². The van der Waals surface area contributed by atoms with Crippen molar-refractivity contribution < 1.29 is 29.0 Å². The lowest BCUT2D eigenvalue weighted by Gasteiger charge is -2.19. The Labute approximate surface area is 149 Å². The van der Waals surface area contributed by atoms with Crippen LogP contribution in [0.4, 0.5) is 5.69 Å². The lowest BCUT2D eigenvalue weighted by atomic mass is 10.1. The molecule has 0 spiro atoms. The maximum absolute atomic E-state index is 12.6. The van der Waals surface area contributed by atoms with E-state index >= 15 is 0 Å². The highest BCUT2D eigenvalue weighted by atomic mass is 35.5. The molecule has 2 amide bonds. The number of carboxylic acid groups (broad SMARTS) is 1. The number of amides is 2. The molecule has 1 heterocycles. The second-order valence-corrected chi connectivity index (χ2v) is 5.02. The normalized spacial score (nSPS) is 12.5. The third-order valence-corrected chi connectivity index (χ3v) is 3.77. The molecule has 0 aliphatic carbocycles. The smallest absolute Gasteiger partial charge is 0.337 e. The van der Waals surface area contributed by atoms with Crippen LogP contribution in [0.25, 0.3) is 0 Å². The van der Waals surface area contributed by atoms with Gasteiger partial charge < -0.3 is 14.6 Å². The van der Waals surface area contributed by atoms with E-state index in [2.05, 4.69) is 0 Å². The molecule has 0 atom stereocenters. The summed E-state index contributed by atoms with van der Waals surface area (Å²) in [7, 11) is 2.75. The van der Waals surface area contributed by atoms with Gasteiger partial charge in [0.2, 0.25) is 0 Å². The Morgan fingerprint density at radius 3 is 1.88 bits per heavy atom. The van der Waals surface area contributed by atoms with Gasteiger partial charge in [-0.2, -0.15) is 0 Å². The van der Waals surface area contributed by atoms with Crippen molar-refractivity contribution in [3.63, 3.8) is 0 Å². The molecule has 1 aliphatic heterocycles. The van der Waals surface area contributed by atoms with Crippen LogP contribution in [-0.2, 0) is 0 Å². The lowest BCUT2D eigenvalue weighted by molar-refractivity contribution is 0.0697. The molecule has 7 nitrogen and oxygen atoms in total. The van der Waals surface area contributed by atoms with Crippen LogP contribution in [0.3, 0.4) is 0 Å². The zero-order chi connectivity index (χ0) is 17.4. The molecule has 25 heavy (non-hydrogen) atoms. The average Bonchev–Trinajstić information content (AvgIpc) is 2.85. The van der Waals surface area contributed by atoms with E-state index in [0.29, 0.717) is 0 Å². The number of carboxylic acids is 1. The van der Waals surface area contributed by atoms with Gasteiger partial charge in [-0.25, -0.2) is 9.69 Å². The molecule has 0 radical (unpaired) electrons. The van der Waals surface area contributed by atoms with Crippen molar-refractivity contribution in [1.82, 2.24) is 0 Å². The molecule has 0 saturated heterocycles. The first-order valence-corrected chi connectivity index (χ1v) is 6.96. The average molecular weight is 364 g/mol. The van der Waals surface area contributed by atoms with Crippen molar-refractivity contribution in [1.29, 1.82) is 0 Å². The molecule has 0 bridgehead atoms. The quantitative estimate of drug-likeness (QED) is 0.839. The fourth-order valence-corrected chi connectivity index (χ4v) is 2.63. The molecule has 0 fully saturated rings. The van der Waals surface area contributed by atoms with Crippen LogP contribution in [-0.4, -0.2) is 37.1 Å². The van der Waals surface area contributed by atoms with E-state index in [9.17, 15) is 19.5 Å². The minimum atomic E-state index is -1.29. The Hall–Kier alpha value is -3.06. The molecule has 8 heteroatoms. The number of ether oxygens (including phenoxy) is 2. The molecular formula is C17H14ClNO6. The second kappa shape index (κ2) is 6.82. The number of carbonyl (C=O) groups excluding carboxylic acids is 2. The van der Waals surface area contributed by atoms with Crippen molar-refractivity contribution in [3.05, 3.63) is 53.1 Å². The molecule has 0 aromatic heterocycles. The van der Waals surface area contributed by atoms with Gasteiger partial charge in [0.15, 0.2) is 11.5 Å². The summed E-state index contributed by atoms with van der Waals surface area (Å²) >= 11 is 0. The van der Waals surface area contributed by atoms with Crippen molar-refractivity contribution in [2.75, 3.05) is 19.1 Å². The first kappa shape index (κ1) is 18.3. The molecule has 130 valence electrons. The third kappa shape index (κ3) is 2.78. The summed E-state index contributed by atoms with van der Waals surface area (Å²) < 4.78 is 10.2. The number of hydrogen-bond donors (Lipinski definition) is 1. The second-order valence-electron chi connectivity index (χ2n) is 5.02. The van der Waals surface area contributed by atoms with Gasteiger partial charge in [-0.1, -0.05) is 12.1 Å². The van der Waals surface area contributed by atoms with Crippen LogP contribution in [0, 0.1) is 0 Å². The van der Waals surface area contributed by atoms with E-state index in [1.54, 1.807) is 12.1 Å². The largest absolute Gasteiger partial charge is 0.493 e. The summed E-state index contributed by atoms with van der Waals surface area (Å²) in [6.07, 6.45) is 0. The third-order valence-electron chi connectivity index (χ3n) is 3.77. The summed E-state index contributed by atoms with van der Waals surface area (Å²) in [6.45, 7) is 0. The molecular weight excluding hydrogens is 350 g/mol. The number of methoxy groups -OCH3 is 2. The van der Waals surface area contributed by atoms with Crippen molar-refractivity contribution >= 4 is 35.9 Å². The minimum absolute atomic E-state index is 0. The zero-order valence-electron chi connectivity index (χ0n) is 13.3. The number of rotatable bonds is 4. The predicted molar refractivity (Wildman–Crippen MR) is 91.3 cm³/mol. The monoisotopic (exact) mass is 363 g/mol. The van der Waals surface area contributed by atoms with Crippen LogP contribution in [0.5, 0.6) is 11.5 Å². The number of benzene rings is 2. The van der Waals surface area contributed by atoms with Gasteiger partial charge in [-0.15, -0.1) is 12.4 Å². The Kier molecular flexibility index (Phi) is 4.99. The maximum atomic E-state index is 12.6.